The number of rotatable bonds is 7. The van der Waals surface area contributed by atoms with Crippen molar-refractivity contribution in [2.75, 3.05) is 14.2 Å². The highest BCUT2D eigenvalue weighted by Gasteiger charge is 2.18. The van der Waals surface area contributed by atoms with Gasteiger partial charge >= 0.3 is 11.9 Å². The molecule has 1 heterocycles. The Morgan fingerprint density at radius 2 is 1.88 bits per heavy atom. The second-order valence-electron chi connectivity index (χ2n) is 5.49. The zero-order valence-electron chi connectivity index (χ0n) is 14.8. The van der Waals surface area contributed by atoms with Crippen molar-refractivity contribution < 1.29 is 33.0 Å². The van der Waals surface area contributed by atoms with Gasteiger partial charge in [-0.2, -0.15) is 0 Å². The number of benzene rings is 1. The molecule has 0 fully saturated rings. The van der Waals surface area contributed by atoms with E-state index in [1.165, 1.54) is 38.5 Å². The second-order valence-corrected chi connectivity index (χ2v) is 5.90. The molecular weight excluding hydrogens is 364 g/mol. The molecule has 0 unspecified atom stereocenters. The van der Waals surface area contributed by atoms with Crippen LogP contribution in [0.3, 0.4) is 0 Å². The molecule has 0 amide bonds. The summed E-state index contributed by atoms with van der Waals surface area (Å²) in [7, 11) is 2.69. The first kappa shape index (κ1) is 19.7. The van der Waals surface area contributed by atoms with Crippen LogP contribution in [0.25, 0.3) is 0 Å². The number of hydrogen-bond donors (Lipinski definition) is 0. The number of esters is 2. The Hall–Kier alpha value is -2.67. The van der Waals surface area contributed by atoms with Crippen molar-refractivity contribution in [2.45, 2.75) is 26.6 Å². The highest BCUT2D eigenvalue weighted by atomic mass is 35.5. The van der Waals surface area contributed by atoms with E-state index >= 15 is 0 Å². The average Bonchev–Trinajstić information content (AvgIpc) is 3.09. The topological polar surface area (TPSA) is 84.2 Å². The molecule has 0 saturated carbocycles. The van der Waals surface area contributed by atoms with Gasteiger partial charge in [-0.15, -0.1) is 0 Å². The second kappa shape index (κ2) is 8.62. The lowest BCUT2D eigenvalue weighted by atomic mass is 10.2. The summed E-state index contributed by atoms with van der Waals surface area (Å²) in [6.45, 7) is 3.55. The molecule has 0 aliphatic rings. The maximum atomic E-state index is 12.3. The van der Waals surface area contributed by atoms with Crippen LogP contribution in [-0.2, 0) is 16.1 Å². The molecule has 1 aromatic carbocycles. The van der Waals surface area contributed by atoms with Crippen molar-refractivity contribution >= 4 is 23.5 Å². The molecule has 0 saturated heterocycles. The van der Waals surface area contributed by atoms with Gasteiger partial charge in [-0.25, -0.2) is 9.59 Å². The zero-order chi connectivity index (χ0) is 19.3. The lowest BCUT2D eigenvalue weighted by Crippen LogP contribution is -2.09. The van der Waals surface area contributed by atoms with Gasteiger partial charge in [0.05, 0.1) is 30.9 Å². The van der Waals surface area contributed by atoms with E-state index in [0.717, 1.165) is 0 Å². The number of hydrogen-bond acceptors (Lipinski definition) is 7. The quantitative estimate of drug-likeness (QED) is 0.672. The third-order valence-electron chi connectivity index (χ3n) is 3.21. The largest absolute Gasteiger partial charge is 0.493 e. The molecule has 0 aliphatic heterocycles. The van der Waals surface area contributed by atoms with Crippen LogP contribution in [0.15, 0.2) is 28.7 Å². The SMILES string of the molecule is COC(=O)c1ccc(COC(=O)c2cc(Cl)c(OC(C)C)c(OC)c2)o1. The monoisotopic (exact) mass is 382 g/mol. The van der Waals surface area contributed by atoms with Gasteiger partial charge in [-0.05, 0) is 38.1 Å². The van der Waals surface area contributed by atoms with Crippen molar-refractivity contribution in [3.05, 3.63) is 46.4 Å². The summed E-state index contributed by atoms with van der Waals surface area (Å²) in [5.74, 6) is -0.231. The highest BCUT2D eigenvalue weighted by molar-refractivity contribution is 6.32. The molecule has 0 aliphatic carbocycles. The first-order valence-electron chi connectivity index (χ1n) is 7.74. The highest BCUT2D eigenvalue weighted by Crippen LogP contribution is 2.37. The fourth-order valence-corrected chi connectivity index (χ4v) is 2.33. The van der Waals surface area contributed by atoms with E-state index in [0.29, 0.717) is 17.3 Å². The van der Waals surface area contributed by atoms with Crippen molar-refractivity contribution in [3.8, 4) is 11.5 Å². The van der Waals surface area contributed by atoms with Crippen molar-refractivity contribution in [2.24, 2.45) is 0 Å². The number of furan rings is 1. The molecule has 0 spiro atoms. The molecule has 0 bridgehead atoms. The summed E-state index contributed by atoms with van der Waals surface area (Å²) >= 11 is 6.19. The first-order chi connectivity index (χ1) is 12.3. The fourth-order valence-electron chi connectivity index (χ4n) is 2.07. The maximum absolute atomic E-state index is 12.3. The zero-order valence-corrected chi connectivity index (χ0v) is 15.6. The van der Waals surface area contributed by atoms with E-state index in [1.54, 1.807) is 0 Å². The minimum Gasteiger partial charge on any atom is -0.493 e. The molecule has 0 atom stereocenters. The maximum Gasteiger partial charge on any atom is 0.373 e. The van der Waals surface area contributed by atoms with Gasteiger partial charge in [-0.3, -0.25) is 0 Å². The number of carbonyl (C=O) groups is 2. The predicted octanol–water partition coefficient (Wildman–Crippen LogP) is 3.87. The van der Waals surface area contributed by atoms with Crippen molar-refractivity contribution in [1.82, 2.24) is 0 Å². The number of halogens is 1. The van der Waals surface area contributed by atoms with Gasteiger partial charge in [0.2, 0.25) is 5.76 Å². The van der Waals surface area contributed by atoms with E-state index in [1.807, 2.05) is 13.8 Å². The molecular formula is C18H19ClO7. The average molecular weight is 383 g/mol. The lowest BCUT2D eigenvalue weighted by molar-refractivity contribution is 0.0438. The molecule has 0 N–H and O–H groups in total. The van der Waals surface area contributed by atoms with Crippen LogP contribution >= 0.6 is 11.6 Å². The normalized spacial score (nSPS) is 10.5. The van der Waals surface area contributed by atoms with Crippen molar-refractivity contribution in [1.29, 1.82) is 0 Å². The molecule has 26 heavy (non-hydrogen) atoms. The van der Waals surface area contributed by atoms with Crippen LogP contribution < -0.4 is 9.47 Å². The standard InChI is InChI=1S/C18H19ClO7/c1-10(2)25-16-13(19)7-11(8-15(16)22-3)17(20)24-9-12-5-6-14(26-12)18(21)23-4/h5-8,10H,9H2,1-4H3. The van der Waals surface area contributed by atoms with Gasteiger partial charge in [0.15, 0.2) is 11.5 Å². The van der Waals surface area contributed by atoms with Gasteiger partial charge < -0.3 is 23.4 Å². The number of ether oxygens (including phenoxy) is 4. The van der Waals surface area contributed by atoms with Crippen LogP contribution in [0.1, 0.15) is 40.5 Å². The lowest BCUT2D eigenvalue weighted by Gasteiger charge is -2.16. The smallest absolute Gasteiger partial charge is 0.373 e. The predicted molar refractivity (Wildman–Crippen MR) is 92.9 cm³/mol. The molecule has 1 aromatic heterocycles. The Bertz CT molecular complexity index is 795. The Morgan fingerprint density at radius 1 is 1.15 bits per heavy atom. The summed E-state index contributed by atoms with van der Waals surface area (Å²) in [6.07, 6.45) is -0.109. The van der Waals surface area contributed by atoms with Gasteiger partial charge in [0.1, 0.15) is 12.4 Å². The fraction of sp³-hybridized carbons (Fsp3) is 0.333. The molecule has 140 valence electrons. The Balaban J connectivity index is 2.10. The van der Waals surface area contributed by atoms with Crippen LogP contribution in [0, 0.1) is 0 Å². The van der Waals surface area contributed by atoms with Crippen molar-refractivity contribution in [3.63, 3.8) is 0 Å². The minimum atomic E-state index is -0.627. The molecule has 2 aromatic rings. The minimum absolute atomic E-state index is 0.0263. The van der Waals surface area contributed by atoms with Crippen LogP contribution in [0.4, 0.5) is 0 Å². The summed E-state index contributed by atoms with van der Waals surface area (Å²) in [4.78, 5) is 23.6. The van der Waals surface area contributed by atoms with Gasteiger partial charge in [0, 0.05) is 0 Å². The summed E-state index contributed by atoms with van der Waals surface area (Å²) in [5.41, 5.74) is 0.197. The van der Waals surface area contributed by atoms with E-state index in [2.05, 4.69) is 4.74 Å². The number of carbonyl (C=O) groups excluding carboxylic acids is 2. The Morgan fingerprint density at radius 3 is 2.50 bits per heavy atom. The molecule has 8 heteroatoms. The van der Waals surface area contributed by atoms with E-state index in [4.69, 9.17) is 30.2 Å². The third-order valence-corrected chi connectivity index (χ3v) is 3.49. The van der Waals surface area contributed by atoms with Crippen LogP contribution in [0.2, 0.25) is 5.02 Å². The molecule has 2 rings (SSSR count). The van der Waals surface area contributed by atoms with E-state index in [9.17, 15) is 9.59 Å². The Kier molecular flexibility index (Phi) is 6.52. The summed E-state index contributed by atoms with van der Waals surface area (Å²) < 4.78 is 25.8. The van der Waals surface area contributed by atoms with E-state index < -0.39 is 11.9 Å². The van der Waals surface area contributed by atoms with Gasteiger partial charge in [0.25, 0.3) is 0 Å². The van der Waals surface area contributed by atoms with Crippen LogP contribution in [-0.4, -0.2) is 32.3 Å². The van der Waals surface area contributed by atoms with Crippen LogP contribution in [0.5, 0.6) is 11.5 Å². The summed E-state index contributed by atoms with van der Waals surface area (Å²) in [6, 6.07) is 5.87. The molecule has 7 nitrogen and oxygen atoms in total. The number of methoxy groups -OCH3 is 2. The molecule has 0 radical (unpaired) electrons. The Labute approximate surface area is 155 Å². The first-order valence-corrected chi connectivity index (χ1v) is 8.11. The summed E-state index contributed by atoms with van der Waals surface area (Å²) in [5, 5.41) is 0.232. The third kappa shape index (κ3) is 4.70. The van der Waals surface area contributed by atoms with Gasteiger partial charge in [-0.1, -0.05) is 11.6 Å². The van der Waals surface area contributed by atoms with E-state index in [-0.39, 0.29) is 29.1 Å².